The van der Waals surface area contributed by atoms with Crippen LogP contribution < -0.4 is 5.32 Å². The van der Waals surface area contributed by atoms with Gasteiger partial charge in [0.25, 0.3) is 0 Å². The number of carbonyl (C=O) groups is 1. The summed E-state index contributed by atoms with van der Waals surface area (Å²) in [5.41, 5.74) is 3.81. The van der Waals surface area contributed by atoms with Gasteiger partial charge in [-0.2, -0.15) is 5.10 Å². The van der Waals surface area contributed by atoms with Crippen molar-refractivity contribution in [2.45, 2.75) is 19.4 Å². The Bertz CT molecular complexity index is 1190. The van der Waals surface area contributed by atoms with E-state index in [-0.39, 0.29) is 12.4 Å². The Morgan fingerprint density at radius 3 is 2.40 bits per heavy atom. The van der Waals surface area contributed by atoms with Crippen molar-refractivity contribution in [3.05, 3.63) is 72.3 Å². The van der Waals surface area contributed by atoms with Crippen molar-refractivity contribution in [3.8, 4) is 22.4 Å². The van der Waals surface area contributed by atoms with Crippen molar-refractivity contribution in [2.75, 3.05) is 11.9 Å². The summed E-state index contributed by atoms with van der Waals surface area (Å²) in [6, 6.07) is 13.2. The van der Waals surface area contributed by atoms with Gasteiger partial charge in [-0.1, -0.05) is 24.3 Å². The quantitative estimate of drug-likeness (QED) is 0.471. The van der Waals surface area contributed by atoms with Gasteiger partial charge >= 0.3 is 0 Å². The van der Waals surface area contributed by atoms with Crippen LogP contribution in [0.1, 0.15) is 24.2 Å². The van der Waals surface area contributed by atoms with Gasteiger partial charge < -0.3 is 10.4 Å². The fourth-order valence-corrected chi connectivity index (χ4v) is 3.24. The summed E-state index contributed by atoms with van der Waals surface area (Å²) in [6.45, 7) is 3.70. The molecule has 0 spiro atoms. The molecule has 2 aromatic carbocycles. The first-order chi connectivity index (χ1) is 14.4. The molecule has 0 fully saturated rings. The van der Waals surface area contributed by atoms with Crippen LogP contribution in [0.3, 0.4) is 0 Å². The average molecular weight is 404 g/mol. The number of hydrogen-bond donors (Lipinski definition) is 2. The molecule has 0 atom stereocenters. The Labute approximate surface area is 173 Å². The van der Waals surface area contributed by atoms with Crippen molar-refractivity contribution in [3.63, 3.8) is 0 Å². The maximum Gasteiger partial charge on any atom is 0.177 e. The van der Waals surface area contributed by atoms with Gasteiger partial charge in [0.2, 0.25) is 0 Å². The van der Waals surface area contributed by atoms with E-state index in [0.29, 0.717) is 22.6 Å². The van der Waals surface area contributed by atoms with E-state index >= 15 is 0 Å². The van der Waals surface area contributed by atoms with E-state index in [9.17, 15) is 14.3 Å². The van der Waals surface area contributed by atoms with Gasteiger partial charge in [0.1, 0.15) is 17.8 Å². The number of aliphatic hydroxyl groups is 1. The lowest BCUT2D eigenvalue weighted by atomic mass is 9.97. The Morgan fingerprint density at radius 1 is 1.10 bits per heavy atom. The van der Waals surface area contributed by atoms with Crippen molar-refractivity contribution in [2.24, 2.45) is 0 Å². The normalized spacial score (nSPS) is 11.6. The summed E-state index contributed by atoms with van der Waals surface area (Å²) in [5, 5.41) is 18.3. The molecule has 0 saturated carbocycles. The third-order valence-electron chi connectivity index (χ3n) is 4.69. The predicted octanol–water partition coefficient (Wildman–Crippen LogP) is 4.20. The number of aromatic nitrogens is 3. The molecule has 0 saturated heterocycles. The summed E-state index contributed by atoms with van der Waals surface area (Å²) < 4.78 is 15.2. The molecule has 0 aliphatic carbocycles. The lowest BCUT2D eigenvalue weighted by Gasteiger charge is -2.22. The largest absolute Gasteiger partial charge is 0.389 e. The number of nitrogens with zero attached hydrogens (tertiary/aromatic N) is 3. The van der Waals surface area contributed by atoms with Crippen LogP contribution >= 0.6 is 0 Å². The van der Waals surface area contributed by atoms with E-state index < -0.39 is 5.60 Å². The maximum absolute atomic E-state index is 13.5. The van der Waals surface area contributed by atoms with Crippen molar-refractivity contribution >= 4 is 17.6 Å². The smallest absolute Gasteiger partial charge is 0.177 e. The fraction of sp³-hybridized carbons (Fsp3) is 0.174. The summed E-state index contributed by atoms with van der Waals surface area (Å²) in [5.74, 6) is -0.334. The van der Waals surface area contributed by atoms with Gasteiger partial charge in [0.15, 0.2) is 5.65 Å². The number of hydrogen-bond acceptors (Lipinski definition) is 5. The molecular formula is C23H21FN4O2. The molecule has 4 rings (SSSR count). The van der Waals surface area contributed by atoms with Crippen LogP contribution in [-0.4, -0.2) is 38.1 Å². The molecule has 7 heteroatoms. The minimum atomic E-state index is -0.957. The van der Waals surface area contributed by atoms with E-state index in [1.807, 2.05) is 12.1 Å². The number of fused-ring (bicyclic) bond motifs is 1. The molecule has 152 valence electrons. The van der Waals surface area contributed by atoms with Crippen molar-refractivity contribution in [1.29, 1.82) is 0 Å². The standard InChI is InChI=1S/C23H21FN4O2/c1-23(2,30)14-26-21-19(16-5-3-15(13-29)4-6-16)20(17-7-9-18(24)10-8-17)27-28-12-11-25-22(21)28/h3-13,26,30H,14H2,1-2H3. The second-order valence-corrected chi connectivity index (χ2v) is 7.71. The zero-order valence-corrected chi connectivity index (χ0v) is 16.6. The van der Waals surface area contributed by atoms with Crippen LogP contribution in [0, 0.1) is 5.82 Å². The minimum Gasteiger partial charge on any atom is -0.389 e. The predicted molar refractivity (Wildman–Crippen MR) is 114 cm³/mol. The van der Waals surface area contributed by atoms with E-state index in [1.165, 1.54) is 12.1 Å². The fourth-order valence-electron chi connectivity index (χ4n) is 3.24. The summed E-state index contributed by atoms with van der Waals surface area (Å²) in [7, 11) is 0. The Kier molecular flexibility index (Phi) is 5.05. The molecule has 0 radical (unpaired) electrons. The number of imidazole rings is 1. The lowest BCUT2D eigenvalue weighted by molar-refractivity contribution is 0.0945. The Morgan fingerprint density at radius 2 is 1.77 bits per heavy atom. The van der Waals surface area contributed by atoms with Gasteiger partial charge in [0.05, 0.1) is 11.3 Å². The van der Waals surface area contributed by atoms with Crippen molar-refractivity contribution < 1.29 is 14.3 Å². The van der Waals surface area contributed by atoms with Crippen LogP contribution in [0.4, 0.5) is 10.1 Å². The number of anilines is 1. The van der Waals surface area contributed by atoms with Gasteiger partial charge in [0, 0.05) is 35.6 Å². The highest BCUT2D eigenvalue weighted by molar-refractivity contribution is 5.95. The zero-order valence-electron chi connectivity index (χ0n) is 16.6. The summed E-state index contributed by atoms with van der Waals surface area (Å²) >= 11 is 0. The number of benzene rings is 2. The Hall–Kier alpha value is -3.58. The highest BCUT2D eigenvalue weighted by Gasteiger charge is 2.21. The summed E-state index contributed by atoms with van der Waals surface area (Å²) in [4.78, 5) is 15.5. The van der Waals surface area contributed by atoms with E-state index in [4.69, 9.17) is 5.10 Å². The minimum absolute atomic E-state index is 0.280. The number of carbonyl (C=O) groups excluding carboxylic acids is 1. The molecule has 0 unspecified atom stereocenters. The van der Waals surface area contributed by atoms with E-state index in [0.717, 1.165) is 23.0 Å². The molecule has 30 heavy (non-hydrogen) atoms. The van der Waals surface area contributed by atoms with E-state index in [1.54, 1.807) is 55.0 Å². The lowest BCUT2D eigenvalue weighted by Crippen LogP contribution is -2.29. The highest BCUT2D eigenvalue weighted by atomic mass is 19.1. The molecular weight excluding hydrogens is 383 g/mol. The van der Waals surface area contributed by atoms with Crippen LogP contribution in [0.15, 0.2) is 60.9 Å². The molecule has 4 aromatic rings. The highest BCUT2D eigenvalue weighted by Crippen LogP contribution is 2.38. The second-order valence-electron chi connectivity index (χ2n) is 7.71. The number of halogens is 1. The van der Waals surface area contributed by atoms with Crippen LogP contribution in [0.2, 0.25) is 0 Å². The maximum atomic E-state index is 13.5. The molecule has 2 N–H and O–H groups in total. The Balaban J connectivity index is 2.00. The van der Waals surface area contributed by atoms with Gasteiger partial charge in [-0.3, -0.25) is 4.79 Å². The number of rotatable bonds is 6. The molecule has 2 aromatic heterocycles. The van der Waals surface area contributed by atoms with Crippen molar-refractivity contribution in [1.82, 2.24) is 14.6 Å². The van der Waals surface area contributed by atoms with Crippen LogP contribution in [-0.2, 0) is 0 Å². The van der Waals surface area contributed by atoms with Gasteiger partial charge in [-0.15, -0.1) is 0 Å². The molecule has 0 aliphatic rings. The average Bonchev–Trinajstić information content (AvgIpc) is 3.20. The molecule has 0 aliphatic heterocycles. The molecule has 6 nitrogen and oxygen atoms in total. The molecule has 0 bridgehead atoms. The zero-order chi connectivity index (χ0) is 21.3. The topological polar surface area (TPSA) is 79.5 Å². The van der Waals surface area contributed by atoms with Gasteiger partial charge in [-0.05, 0) is 43.7 Å². The van der Waals surface area contributed by atoms with Crippen LogP contribution in [0.5, 0.6) is 0 Å². The number of nitrogens with one attached hydrogen (secondary N) is 1. The first kappa shape index (κ1) is 19.7. The molecule has 0 amide bonds. The third-order valence-corrected chi connectivity index (χ3v) is 4.69. The van der Waals surface area contributed by atoms with E-state index in [2.05, 4.69) is 10.3 Å². The second kappa shape index (κ2) is 7.68. The number of aldehydes is 1. The van der Waals surface area contributed by atoms with Crippen LogP contribution in [0.25, 0.3) is 28.0 Å². The third kappa shape index (κ3) is 3.92. The first-order valence-electron chi connectivity index (χ1n) is 9.51. The SMILES string of the molecule is CC(C)(O)CNc1c(-c2ccc(C=O)cc2)c(-c2ccc(F)cc2)nn2ccnc12. The van der Waals surface area contributed by atoms with Gasteiger partial charge in [-0.25, -0.2) is 13.9 Å². The summed E-state index contributed by atoms with van der Waals surface area (Å²) in [6.07, 6.45) is 4.16. The first-order valence-corrected chi connectivity index (χ1v) is 9.51. The molecule has 2 heterocycles. The monoisotopic (exact) mass is 404 g/mol.